The smallest absolute Gasteiger partial charge is 0.0711 e. The molecule has 1 N–H and O–H groups in total. The van der Waals surface area contributed by atoms with Gasteiger partial charge < -0.3 is 10.1 Å². The maximum absolute atomic E-state index is 5.46. The summed E-state index contributed by atoms with van der Waals surface area (Å²) in [6.45, 7) is 8.12. The summed E-state index contributed by atoms with van der Waals surface area (Å²) in [6, 6.07) is 0.201. The van der Waals surface area contributed by atoms with E-state index < -0.39 is 0 Å². The van der Waals surface area contributed by atoms with E-state index >= 15 is 0 Å². The maximum atomic E-state index is 5.46. The minimum Gasteiger partial charge on any atom is -0.379 e. The molecular formula is C13H23BrN4O. The lowest BCUT2D eigenvalue weighted by Gasteiger charge is -2.45. The van der Waals surface area contributed by atoms with Crippen molar-refractivity contribution >= 4 is 15.9 Å². The van der Waals surface area contributed by atoms with Crippen molar-refractivity contribution in [1.82, 2.24) is 20.0 Å². The average molecular weight is 331 g/mol. The molecule has 2 heterocycles. The first kappa shape index (κ1) is 15.0. The normalized spacial score (nSPS) is 19.6. The van der Waals surface area contributed by atoms with Crippen molar-refractivity contribution in [3.63, 3.8) is 0 Å². The molecular weight excluding hydrogens is 308 g/mol. The first-order chi connectivity index (χ1) is 8.98. The van der Waals surface area contributed by atoms with Crippen LogP contribution in [0.4, 0.5) is 0 Å². The van der Waals surface area contributed by atoms with E-state index in [0.717, 1.165) is 30.8 Å². The van der Waals surface area contributed by atoms with Crippen LogP contribution in [0, 0.1) is 0 Å². The fraction of sp³-hybridized carbons (Fsp3) is 0.769. The zero-order valence-corrected chi connectivity index (χ0v) is 13.7. The summed E-state index contributed by atoms with van der Waals surface area (Å²) in [5, 5.41) is 7.78. The molecule has 1 saturated heterocycles. The number of hydrogen-bond donors (Lipinski definition) is 1. The summed E-state index contributed by atoms with van der Waals surface area (Å²) in [5.41, 5.74) is 1.17. The molecule has 0 aliphatic carbocycles. The van der Waals surface area contributed by atoms with Gasteiger partial charge in [0.25, 0.3) is 0 Å². The number of aryl methyl sites for hydroxylation is 1. The van der Waals surface area contributed by atoms with Gasteiger partial charge in [-0.15, -0.1) is 0 Å². The van der Waals surface area contributed by atoms with Crippen LogP contribution in [0.3, 0.4) is 0 Å². The van der Waals surface area contributed by atoms with Gasteiger partial charge in [-0.1, -0.05) is 0 Å². The third kappa shape index (κ3) is 2.86. The Hall–Kier alpha value is -0.430. The Labute approximate surface area is 123 Å². The molecule has 1 atom stereocenters. The molecule has 1 aliphatic heterocycles. The lowest BCUT2D eigenvalue weighted by atomic mass is 9.89. The number of ether oxygens (including phenoxy) is 1. The summed E-state index contributed by atoms with van der Waals surface area (Å²) < 4.78 is 8.45. The van der Waals surface area contributed by atoms with E-state index in [0.29, 0.717) is 0 Å². The van der Waals surface area contributed by atoms with Crippen LogP contribution in [0.5, 0.6) is 0 Å². The molecule has 1 aliphatic rings. The Morgan fingerprint density at radius 2 is 2.05 bits per heavy atom. The van der Waals surface area contributed by atoms with Crippen LogP contribution >= 0.6 is 15.9 Å². The fourth-order valence-corrected chi connectivity index (χ4v) is 3.47. The quantitative estimate of drug-likeness (QED) is 0.909. The molecule has 2 rings (SSSR count). The van der Waals surface area contributed by atoms with Gasteiger partial charge in [-0.2, -0.15) is 5.10 Å². The van der Waals surface area contributed by atoms with Crippen LogP contribution < -0.4 is 5.32 Å². The number of morpholine rings is 1. The number of rotatable bonds is 4. The second kappa shape index (κ2) is 5.91. The molecule has 1 unspecified atom stereocenters. The summed E-state index contributed by atoms with van der Waals surface area (Å²) in [4.78, 5) is 2.48. The molecule has 5 nitrogen and oxygen atoms in total. The van der Waals surface area contributed by atoms with E-state index in [9.17, 15) is 0 Å². The number of aromatic nitrogens is 2. The summed E-state index contributed by atoms with van der Waals surface area (Å²) in [6.07, 6.45) is 1.86. The van der Waals surface area contributed by atoms with Crippen LogP contribution in [0.15, 0.2) is 10.7 Å². The van der Waals surface area contributed by atoms with E-state index in [-0.39, 0.29) is 11.6 Å². The zero-order valence-electron chi connectivity index (χ0n) is 12.1. The van der Waals surface area contributed by atoms with Crippen molar-refractivity contribution < 1.29 is 4.74 Å². The second-order valence-corrected chi connectivity index (χ2v) is 6.33. The third-order valence-corrected chi connectivity index (χ3v) is 4.64. The topological polar surface area (TPSA) is 42.3 Å². The fourth-order valence-electron chi connectivity index (χ4n) is 2.89. The van der Waals surface area contributed by atoms with Gasteiger partial charge in [-0.05, 0) is 36.8 Å². The van der Waals surface area contributed by atoms with Gasteiger partial charge in [0.1, 0.15) is 0 Å². The highest BCUT2D eigenvalue weighted by molar-refractivity contribution is 9.10. The molecule has 0 saturated carbocycles. The molecule has 19 heavy (non-hydrogen) atoms. The second-order valence-electron chi connectivity index (χ2n) is 5.48. The highest BCUT2D eigenvalue weighted by atomic mass is 79.9. The van der Waals surface area contributed by atoms with Gasteiger partial charge in [0.05, 0.1) is 35.6 Å². The minimum atomic E-state index is -0.00512. The van der Waals surface area contributed by atoms with Gasteiger partial charge in [0.2, 0.25) is 0 Å². The molecule has 0 bridgehead atoms. The standard InChI is InChI=1S/C13H23BrN4O/c1-13(2,18-5-7-19-8-6-18)12(15-3)11-10(14)9-16-17(11)4/h9,12,15H,5-8H2,1-4H3. The number of nitrogens with one attached hydrogen (secondary N) is 1. The highest BCUT2D eigenvalue weighted by Crippen LogP contribution is 2.34. The third-order valence-electron chi connectivity index (χ3n) is 4.03. The Morgan fingerprint density at radius 3 is 2.53 bits per heavy atom. The summed E-state index contributed by atoms with van der Waals surface area (Å²) >= 11 is 3.61. The first-order valence-corrected chi connectivity index (χ1v) is 7.45. The molecule has 0 amide bonds. The SMILES string of the molecule is CNC(c1c(Br)cnn1C)C(C)(C)N1CCOCC1. The lowest BCUT2D eigenvalue weighted by Crippen LogP contribution is -2.56. The van der Waals surface area contributed by atoms with Crippen LogP contribution in [-0.4, -0.2) is 53.6 Å². The van der Waals surface area contributed by atoms with Gasteiger partial charge in [0.15, 0.2) is 0 Å². The van der Waals surface area contributed by atoms with Crippen molar-refractivity contribution in [1.29, 1.82) is 0 Å². The van der Waals surface area contributed by atoms with Crippen LogP contribution in [0.25, 0.3) is 0 Å². The molecule has 0 radical (unpaired) electrons. The highest BCUT2D eigenvalue weighted by Gasteiger charge is 2.38. The minimum absolute atomic E-state index is 0.00512. The molecule has 0 aromatic carbocycles. The van der Waals surface area contributed by atoms with Crippen molar-refractivity contribution in [3.8, 4) is 0 Å². The van der Waals surface area contributed by atoms with Crippen molar-refractivity contribution in [2.24, 2.45) is 7.05 Å². The number of likely N-dealkylation sites (N-methyl/N-ethyl adjacent to an activating group) is 1. The number of halogens is 1. The monoisotopic (exact) mass is 330 g/mol. The van der Waals surface area contributed by atoms with Crippen molar-refractivity contribution in [2.75, 3.05) is 33.4 Å². The Balaban J connectivity index is 2.29. The molecule has 1 aromatic rings. The van der Waals surface area contributed by atoms with Gasteiger partial charge in [-0.25, -0.2) is 0 Å². The zero-order chi connectivity index (χ0) is 14.0. The molecule has 1 aromatic heterocycles. The number of hydrogen-bond acceptors (Lipinski definition) is 4. The molecule has 6 heteroatoms. The Morgan fingerprint density at radius 1 is 1.42 bits per heavy atom. The predicted molar refractivity (Wildman–Crippen MR) is 79.2 cm³/mol. The van der Waals surface area contributed by atoms with Gasteiger partial charge >= 0.3 is 0 Å². The van der Waals surface area contributed by atoms with E-state index in [1.807, 2.05) is 25.0 Å². The van der Waals surface area contributed by atoms with E-state index in [1.165, 1.54) is 5.69 Å². The van der Waals surface area contributed by atoms with Crippen molar-refractivity contribution in [2.45, 2.75) is 25.4 Å². The summed E-state index contributed by atoms with van der Waals surface area (Å²) in [7, 11) is 3.99. The summed E-state index contributed by atoms with van der Waals surface area (Å²) in [5.74, 6) is 0. The predicted octanol–water partition coefficient (Wildman–Crippen LogP) is 1.55. The number of nitrogens with zero attached hydrogens (tertiary/aromatic N) is 3. The van der Waals surface area contributed by atoms with E-state index in [4.69, 9.17) is 4.74 Å². The van der Waals surface area contributed by atoms with Crippen LogP contribution in [-0.2, 0) is 11.8 Å². The molecule has 108 valence electrons. The Bertz CT molecular complexity index is 407. The largest absolute Gasteiger partial charge is 0.379 e. The average Bonchev–Trinajstić information content (AvgIpc) is 2.72. The van der Waals surface area contributed by atoms with Crippen molar-refractivity contribution in [3.05, 3.63) is 16.4 Å². The van der Waals surface area contributed by atoms with E-state index in [1.54, 1.807) is 0 Å². The lowest BCUT2D eigenvalue weighted by molar-refractivity contribution is -0.0239. The first-order valence-electron chi connectivity index (χ1n) is 6.66. The van der Waals surface area contributed by atoms with Crippen LogP contribution in [0.2, 0.25) is 0 Å². The molecule has 0 spiro atoms. The van der Waals surface area contributed by atoms with Gasteiger partial charge in [0, 0.05) is 25.7 Å². The maximum Gasteiger partial charge on any atom is 0.0711 e. The molecule has 1 fully saturated rings. The van der Waals surface area contributed by atoms with E-state index in [2.05, 4.69) is 45.1 Å². The van der Waals surface area contributed by atoms with Gasteiger partial charge in [-0.3, -0.25) is 9.58 Å². The van der Waals surface area contributed by atoms with Crippen LogP contribution in [0.1, 0.15) is 25.6 Å². The Kier molecular flexibility index (Phi) is 4.66.